The Morgan fingerprint density at radius 3 is 2.45 bits per heavy atom. The van der Waals surface area contributed by atoms with Crippen LogP contribution in [0.25, 0.3) is 0 Å². The lowest BCUT2D eigenvalue weighted by Crippen LogP contribution is -2.58. The van der Waals surface area contributed by atoms with Gasteiger partial charge < -0.3 is 9.64 Å². The molecule has 38 heavy (non-hydrogen) atoms. The predicted molar refractivity (Wildman–Crippen MR) is 151 cm³/mol. The van der Waals surface area contributed by atoms with Gasteiger partial charge in [0.2, 0.25) is 10.0 Å². The lowest BCUT2D eigenvalue weighted by atomic mass is 9.95. The highest BCUT2D eigenvalue weighted by molar-refractivity contribution is 7.92. The zero-order chi connectivity index (χ0) is 27.4. The fourth-order valence-corrected chi connectivity index (χ4v) is 6.50. The van der Waals surface area contributed by atoms with Gasteiger partial charge in [0.1, 0.15) is 11.9 Å². The molecule has 3 heterocycles. The number of nitrogens with one attached hydrogen (secondary N) is 1. The fraction of sp³-hybridized carbons (Fsp3) is 0.556. The first-order valence-electron chi connectivity index (χ1n) is 13.1. The second-order valence-electron chi connectivity index (χ2n) is 10.3. The predicted octanol–water partition coefficient (Wildman–Crippen LogP) is 3.69. The number of piperidine rings is 1. The number of hydrogen-bond donors (Lipinski definition) is 1. The molecule has 2 unspecified atom stereocenters. The van der Waals surface area contributed by atoms with Crippen molar-refractivity contribution in [1.82, 2.24) is 14.8 Å². The van der Waals surface area contributed by atoms with E-state index in [-0.39, 0.29) is 12.0 Å². The molecule has 0 radical (unpaired) electrons. The number of aryl methyl sites for hydroxylation is 1. The molecule has 2 aliphatic heterocycles. The molecule has 1 aromatic heterocycles. The maximum atomic E-state index is 12.7. The number of pyridine rings is 1. The number of nitrogens with zero attached hydrogens (tertiary/aromatic N) is 4. The van der Waals surface area contributed by atoms with Crippen molar-refractivity contribution in [2.24, 2.45) is 0 Å². The number of likely N-dealkylation sites (tertiary alicyclic amines) is 1. The van der Waals surface area contributed by atoms with Crippen LogP contribution in [0, 0.1) is 6.92 Å². The highest BCUT2D eigenvalue weighted by Crippen LogP contribution is 2.32. The first-order valence-corrected chi connectivity index (χ1v) is 15.4. The van der Waals surface area contributed by atoms with Gasteiger partial charge in [0.05, 0.1) is 30.3 Å². The van der Waals surface area contributed by atoms with Gasteiger partial charge in [-0.05, 0) is 37.8 Å². The number of ether oxygens (including phenoxy) is 1. The van der Waals surface area contributed by atoms with Crippen LogP contribution in [0.5, 0.6) is 0 Å². The van der Waals surface area contributed by atoms with Crippen molar-refractivity contribution in [2.75, 3.05) is 55.7 Å². The summed E-state index contributed by atoms with van der Waals surface area (Å²) in [4.78, 5) is 24.3. The van der Waals surface area contributed by atoms with E-state index >= 15 is 0 Å². The molecule has 1 N–H and O–H groups in total. The summed E-state index contributed by atoms with van der Waals surface area (Å²) >= 11 is 6.51. The molecule has 0 amide bonds. The van der Waals surface area contributed by atoms with Crippen LogP contribution in [-0.4, -0.2) is 87.3 Å². The highest BCUT2D eigenvalue weighted by Gasteiger charge is 2.37. The van der Waals surface area contributed by atoms with Crippen LogP contribution in [0.1, 0.15) is 43.4 Å². The van der Waals surface area contributed by atoms with Gasteiger partial charge in [-0.25, -0.2) is 18.2 Å². The van der Waals surface area contributed by atoms with Crippen LogP contribution in [0.2, 0.25) is 5.02 Å². The van der Waals surface area contributed by atoms with E-state index in [0.717, 1.165) is 63.8 Å². The number of halogens is 1. The highest BCUT2D eigenvalue weighted by atomic mass is 35.5. The molecule has 1 aromatic carbocycles. The average Bonchev–Trinajstić information content (AvgIpc) is 2.89. The molecule has 0 bridgehead atoms. The first kappa shape index (κ1) is 28.6. The Hall–Kier alpha value is -2.40. The molecular weight excluding hydrogens is 526 g/mol. The zero-order valence-corrected chi connectivity index (χ0v) is 24.1. The van der Waals surface area contributed by atoms with E-state index in [1.807, 2.05) is 31.2 Å². The standard InChI is InChI=1S/C27H38ClN5O4S/c1-5-22-18-32(26-24(28)16-21(17-29-26)30-38(4,35)36)14-15-33(22)23-10-12-31(13-11-23)25(27(34)37-3)20-8-6-19(2)7-9-20/h6-9,16-17,22-23,25,30H,5,10-15,18H2,1-4H3. The van der Waals surface area contributed by atoms with Crippen molar-refractivity contribution in [3.63, 3.8) is 0 Å². The lowest BCUT2D eigenvalue weighted by molar-refractivity contribution is -0.148. The second-order valence-corrected chi connectivity index (χ2v) is 12.4. The Morgan fingerprint density at radius 1 is 1.18 bits per heavy atom. The first-order chi connectivity index (χ1) is 18.1. The molecule has 2 aliphatic rings. The van der Waals surface area contributed by atoms with Gasteiger partial charge in [-0.15, -0.1) is 0 Å². The van der Waals surface area contributed by atoms with Gasteiger partial charge in [0.25, 0.3) is 0 Å². The molecule has 208 valence electrons. The molecule has 11 heteroatoms. The number of anilines is 2. The fourth-order valence-electron chi connectivity index (χ4n) is 5.67. The Morgan fingerprint density at radius 2 is 1.87 bits per heavy atom. The molecule has 0 aliphatic carbocycles. The number of hydrogen-bond acceptors (Lipinski definition) is 8. The van der Waals surface area contributed by atoms with Crippen LogP contribution in [0.4, 0.5) is 11.5 Å². The smallest absolute Gasteiger partial charge is 0.327 e. The van der Waals surface area contributed by atoms with Gasteiger partial charge in [-0.3, -0.25) is 14.5 Å². The summed E-state index contributed by atoms with van der Waals surface area (Å²) in [5.41, 5.74) is 2.50. The Balaban J connectivity index is 1.40. The van der Waals surface area contributed by atoms with Gasteiger partial charge >= 0.3 is 5.97 Å². The summed E-state index contributed by atoms with van der Waals surface area (Å²) in [5.74, 6) is 0.465. The van der Waals surface area contributed by atoms with Crippen molar-refractivity contribution in [1.29, 1.82) is 0 Å². The third kappa shape index (κ3) is 6.77. The topological polar surface area (TPSA) is 95.1 Å². The van der Waals surface area contributed by atoms with E-state index in [2.05, 4.69) is 31.3 Å². The molecule has 0 saturated carbocycles. The number of carbonyl (C=O) groups excluding carboxylic acids is 1. The minimum absolute atomic E-state index is 0.213. The van der Waals surface area contributed by atoms with Crippen molar-refractivity contribution in [3.8, 4) is 0 Å². The number of piperazine rings is 1. The summed E-state index contributed by atoms with van der Waals surface area (Å²) in [5, 5.41) is 0.431. The van der Waals surface area contributed by atoms with Crippen LogP contribution < -0.4 is 9.62 Å². The molecule has 0 spiro atoms. The summed E-state index contributed by atoms with van der Waals surface area (Å²) in [6, 6.07) is 10.2. The summed E-state index contributed by atoms with van der Waals surface area (Å²) in [6.45, 7) is 8.39. The Bertz CT molecular complexity index is 1220. The normalized spacial score (nSPS) is 20.8. The van der Waals surface area contributed by atoms with E-state index in [0.29, 0.717) is 28.6 Å². The monoisotopic (exact) mass is 563 g/mol. The number of carbonyl (C=O) groups is 1. The van der Waals surface area contributed by atoms with Crippen molar-refractivity contribution >= 4 is 39.1 Å². The molecule has 2 fully saturated rings. The second kappa shape index (κ2) is 12.2. The SMILES string of the molecule is CCC1CN(c2ncc(NS(C)(=O)=O)cc2Cl)CCN1C1CCN(C(C(=O)OC)c2ccc(C)cc2)CC1. The minimum atomic E-state index is -3.40. The largest absolute Gasteiger partial charge is 0.468 e. The number of sulfonamides is 1. The maximum Gasteiger partial charge on any atom is 0.327 e. The molecule has 2 aromatic rings. The number of methoxy groups -OCH3 is 1. The Kier molecular flexibility index (Phi) is 9.18. The van der Waals surface area contributed by atoms with Gasteiger partial charge in [-0.2, -0.15) is 0 Å². The maximum absolute atomic E-state index is 12.7. The van der Waals surface area contributed by atoms with Gasteiger partial charge in [0.15, 0.2) is 0 Å². The van der Waals surface area contributed by atoms with Crippen LogP contribution in [0.15, 0.2) is 36.5 Å². The van der Waals surface area contributed by atoms with Crippen molar-refractivity contribution in [2.45, 2.75) is 51.2 Å². The third-order valence-corrected chi connectivity index (χ3v) is 8.46. The number of rotatable bonds is 8. The Labute approximate surface area is 231 Å². The van der Waals surface area contributed by atoms with Crippen LogP contribution >= 0.6 is 11.6 Å². The average molecular weight is 564 g/mol. The lowest BCUT2D eigenvalue weighted by Gasteiger charge is -2.48. The molecule has 9 nitrogen and oxygen atoms in total. The van der Waals surface area contributed by atoms with E-state index in [1.165, 1.54) is 18.9 Å². The number of esters is 1. The van der Waals surface area contributed by atoms with E-state index < -0.39 is 10.0 Å². The summed E-state index contributed by atoms with van der Waals surface area (Å²) in [6.07, 6.45) is 5.58. The van der Waals surface area contributed by atoms with E-state index in [4.69, 9.17) is 16.3 Å². The van der Waals surface area contributed by atoms with Crippen LogP contribution in [0.3, 0.4) is 0 Å². The molecule has 2 atom stereocenters. The van der Waals surface area contributed by atoms with Crippen LogP contribution in [-0.2, 0) is 19.6 Å². The van der Waals surface area contributed by atoms with Crippen molar-refractivity contribution in [3.05, 3.63) is 52.7 Å². The minimum Gasteiger partial charge on any atom is -0.468 e. The molecular formula is C27H38ClN5O4S. The zero-order valence-electron chi connectivity index (χ0n) is 22.6. The van der Waals surface area contributed by atoms with Crippen molar-refractivity contribution < 1.29 is 17.9 Å². The quantitative estimate of drug-likeness (QED) is 0.486. The number of aromatic nitrogens is 1. The number of benzene rings is 1. The summed E-state index contributed by atoms with van der Waals surface area (Å²) in [7, 11) is -1.94. The van der Waals surface area contributed by atoms with E-state index in [1.54, 1.807) is 6.07 Å². The third-order valence-electron chi connectivity index (χ3n) is 7.57. The molecule has 2 saturated heterocycles. The summed E-state index contributed by atoms with van der Waals surface area (Å²) < 4.78 is 30.7. The molecule has 4 rings (SSSR count). The van der Waals surface area contributed by atoms with E-state index in [9.17, 15) is 13.2 Å². The van der Waals surface area contributed by atoms with Gasteiger partial charge in [-0.1, -0.05) is 48.4 Å². The van der Waals surface area contributed by atoms with Gasteiger partial charge in [0, 0.05) is 44.8 Å².